The van der Waals surface area contributed by atoms with Gasteiger partial charge in [-0.25, -0.2) is 9.78 Å². The molecule has 0 saturated carbocycles. The lowest BCUT2D eigenvalue weighted by Crippen LogP contribution is -2.41. The number of aromatic nitrogens is 1. The normalized spacial score (nSPS) is 12.4. The van der Waals surface area contributed by atoms with Crippen molar-refractivity contribution in [3.05, 3.63) is 18.3 Å². The van der Waals surface area contributed by atoms with E-state index in [0.29, 0.717) is 24.6 Å². The summed E-state index contributed by atoms with van der Waals surface area (Å²) in [5.41, 5.74) is 2.12. The van der Waals surface area contributed by atoms with Crippen LogP contribution in [0.5, 0.6) is 0 Å². The third-order valence-electron chi connectivity index (χ3n) is 2.95. The number of carbonyl (C=O) groups is 1. The first kappa shape index (κ1) is 19.0. The van der Waals surface area contributed by atoms with Crippen LogP contribution >= 0.6 is 0 Å². The Morgan fingerprint density at radius 3 is 2.74 bits per heavy atom. The minimum atomic E-state index is -0.538. The van der Waals surface area contributed by atoms with Crippen molar-refractivity contribution >= 4 is 17.6 Å². The van der Waals surface area contributed by atoms with Gasteiger partial charge < -0.3 is 19.7 Å². The van der Waals surface area contributed by atoms with Crippen LogP contribution in [-0.2, 0) is 9.47 Å². The van der Waals surface area contributed by atoms with Gasteiger partial charge in [0, 0.05) is 26.9 Å². The average molecular weight is 326 g/mol. The highest BCUT2D eigenvalue weighted by Crippen LogP contribution is 2.17. The van der Waals surface area contributed by atoms with Crippen LogP contribution in [0, 0.1) is 0 Å². The summed E-state index contributed by atoms with van der Waals surface area (Å²) in [6, 6.07) is 3.52. The van der Waals surface area contributed by atoms with Gasteiger partial charge in [0.2, 0.25) is 0 Å². The molecule has 130 valence electrons. The van der Waals surface area contributed by atoms with Gasteiger partial charge >= 0.3 is 6.09 Å². The molecule has 0 radical (unpaired) electrons. The molecule has 3 N–H and O–H groups in total. The first-order valence-electron chi connectivity index (χ1n) is 7.32. The number of hydrogen-bond acceptors (Lipinski definition) is 7. The van der Waals surface area contributed by atoms with Crippen LogP contribution in [-0.4, -0.2) is 60.1 Å². The summed E-state index contributed by atoms with van der Waals surface area (Å²) >= 11 is 0. The van der Waals surface area contributed by atoms with Gasteiger partial charge in [0.25, 0.3) is 0 Å². The van der Waals surface area contributed by atoms with E-state index in [-0.39, 0.29) is 6.10 Å². The molecule has 0 aliphatic heterocycles. The van der Waals surface area contributed by atoms with Gasteiger partial charge in [-0.05, 0) is 32.9 Å². The first-order chi connectivity index (χ1) is 10.8. The zero-order chi connectivity index (χ0) is 17.5. The molecule has 1 atom stereocenters. The van der Waals surface area contributed by atoms with Gasteiger partial charge in [0.05, 0.1) is 18.3 Å². The molecule has 0 spiro atoms. The maximum Gasteiger partial charge on any atom is 0.410 e. The van der Waals surface area contributed by atoms with E-state index in [9.17, 15) is 4.79 Å². The lowest BCUT2D eigenvalue weighted by Gasteiger charge is -2.27. The molecule has 0 unspecified atom stereocenters. The summed E-state index contributed by atoms with van der Waals surface area (Å²) in [7, 11) is 3.23. The van der Waals surface area contributed by atoms with Gasteiger partial charge in [-0.3, -0.25) is 10.7 Å². The van der Waals surface area contributed by atoms with Crippen molar-refractivity contribution < 1.29 is 19.5 Å². The maximum atomic E-state index is 12.0. The molecule has 1 amide bonds. The number of amides is 1. The lowest BCUT2D eigenvalue weighted by atomic mass is 10.2. The Balaban J connectivity index is 2.55. The van der Waals surface area contributed by atoms with Crippen molar-refractivity contribution in [2.45, 2.75) is 32.5 Å². The van der Waals surface area contributed by atoms with E-state index in [0.717, 1.165) is 0 Å². The zero-order valence-corrected chi connectivity index (χ0v) is 14.3. The second-order valence-corrected chi connectivity index (χ2v) is 6.11. The van der Waals surface area contributed by atoms with E-state index < -0.39 is 11.7 Å². The average Bonchev–Trinajstić information content (AvgIpc) is 2.49. The third-order valence-corrected chi connectivity index (χ3v) is 2.95. The fourth-order valence-electron chi connectivity index (χ4n) is 1.80. The van der Waals surface area contributed by atoms with Crippen LogP contribution in [0.15, 0.2) is 18.3 Å². The van der Waals surface area contributed by atoms with Crippen LogP contribution in [0.3, 0.4) is 0 Å². The minimum Gasteiger partial charge on any atom is -0.444 e. The number of rotatable bonds is 7. The second-order valence-electron chi connectivity index (χ2n) is 6.11. The molecule has 8 heteroatoms. The van der Waals surface area contributed by atoms with E-state index >= 15 is 0 Å². The predicted molar refractivity (Wildman–Crippen MR) is 87.8 cm³/mol. The number of nitrogens with one attached hydrogen (secondary N) is 2. The van der Waals surface area contributed by atoms with Crippen molar-refractivity contribution in [1.82, 2.24) is 9.88 Å². The number of carbonyl (C=O) groups excluding carboxylic acids is 1. The van der Waals surface area contributed by atoms with E-state index in [1.807, 2.05) is 26.3 Å². The van der Waals surface area contributed by atoms with E-state index in [2.05, 4.69) is 10.3 Å². The quantitative estimate of drug-likeness (QED) is 0.661. The summed E-state index contributed by atoms with van der Waals surface area (Å²) < 4.78 is 10.7. The van der Waals surface area contributed by atoms with E-state index in [1.54, 1.807) is 32.5 Å². The minimum absolute atomic E-state index is 0.251. The molecule has 0 bridgehead atoms. The highest BCUT2D eigenvalue weighted by Gasteiger charge is 2.22. The van der Waals surface area contributed by atoms with Crippen LogP contribution in [0.25, 0.3) is 0 Å². The topological polar surface area (TPSA) is 96.0 Å². The standard InChI is InChI=1S/C15H26N4O4/c1-15(2,3)23-14(20)19(4)10-11(22-5)9-17-12-7-6-8-16-13(12)18-21/h6-8,11,17,21H,9-10H2,1-5H3,(H,16,18)/t11-/m1/s1. The highest BCUT2D eigenvalue weighted by atomic mass is 16.6. The Bertz CT molecular complexity index is 504. The molecule has 1 aromatic rings. The summed E-state index contributed by atoms with van der Waals surface area (Å²) in [6.45, 7) is 6.25. The third kappa shape index (κ3) is 6.70. The maximum absolute atomic E-state index is 12.0. The van der Waals surface area contributed by atoms with E-state index in [4.69, 9.17) is 14.7 Å². The fourth-order valence-corrected chi connectivity index (χ4v) is 1.80. The Morgan fingerprint density at radius 1 is 1.48 bits per heavy atom. The van der Waals surface area contributed by atoms with Crippen LogP contribution < -0.4 is 10.8 Å². The van der Waals surface area contributed by atoms with Crippen molar-refractivity contribution in [3.8, 4) is 0 Å². The number of nitrogens with zero attached hydrogens (tertiary/aromatic N) is 2. The molecule has 0 fully saturated rings. The number of methoxy groups -OCH3 is 1. The molecular formula is C15H26N4O4. The van der Waals surface area contributed by atoms with E-state index in [1.165, 1.54) is 4.90 Å². The number of hydrogen-bond donors (Lipinski definition) is 3. The van der Waals surface area contributed by atoms with Gasteiger partial charge in [0.1, 0.15) is 5.60 Å². The number of ether oxygens (including phenoxy) is 2. The first-order valence-corrected chi connectivity index (χ1v) is 7.32. The van der Waals surface area contributed by atoms with Crippen LogP contribution in [0.4, 0.5) is 16.3 Å². The predicted octanol–water partition coefficient (Wildman–Crippen LogP) is 2.18. The molecule has 23 heavy (non-hydrogen) atoms. The molecule has 0 aliphatic carbocycles. The lowest BCUT2D eigenvalue weighted by molar-refractivity contribution is 0.0164. The van der Waals surface area contributed by atoms with Crippen LogP contribution in [0.2, 0.25) is 0 Å². The largest absolute Gasteiger partial charge is 0.444 e. The summed E-state index contributed by atoms with van der Waals surface area (Å²) in [6.07, 6.45) is 0.909. The monoisotopic (exact) mass is 326 g/mol. The van der Waals surface area contributed by atoms with Gasteiger partial charge in [-0.2, -0.15) is 0 Å². The molecule has 1 aromatic heterocycles. The molecule has 0 saturated heterocycles. The molecule has 0 aromatic carbocycles. The molecule has 8 nitrogen and oxygen atoms in total. The van der Waals surface area contributed by atoms with Crippen LogP contribution in [0.1, 0.15) is 20.8 Å². The van der Waals surface area contributed by atoms with Crippen molar-refractivity contribution in [3.63, 3.8) is 0 Å². The molecular weight excluding hydrogens is 300 g/mol. The Kier molecular flexibility index (Phi) is 7.05. The Hall–Kier alpha value is -2.06. The second kappa shape index (κ2) is 8.54. The molecule has 0 aliphatic rings. The summed E-state index contributed by atoms with van der Waals surface area (Å²) in [5, 5.41) is 12.1. The molecule has 1 rings (SSSR count). The van der Waals surface area contributed by atoms with Crippen molar-refractivity contribution in [1.29, 1.82) is 0 Å². The smallest absolute Gasteiger partial charge is 0.410 e. The summed E-state index contributed by atoms with van der Waals surface area (Å²) in [4.78, 5) is 17.4. The van der Waals surface area contributed by atoms with Crippen molar-refractivity contribution in [2.75, 3.05) is 38.0 Å². The van der Waals surface area contributed by atoms with Gasteiger partial charge in [-0.15, -0.1) is 0 Å². The molecule has 1 heterocycles. The number of pyridine rings is 1. The van der Waals surface area contributed by atoms with Crippen molar-refractivity contribution in [2.24, 2.45) is 0 Å². The van der Waals surface area contributed by atoms with Gasteiger partial charge in [0.15, 0.2) is 5.82 Å². The zero-order valence-electron chi connectivity index (χ0n) is 14.3. The summed E-state index contributed by atoms with van der Waals surface area (Å²) in [5.74, 6) is 0.322. The SMILES string of the molecule is CO[C@H](CNc1cccnc1NO)CN(C)C(=O)OC(C)(C)C. The number of likely N-dealkylation sites (N-methyl/N-ethyl adjacent to an activating group) is 1. The Labute approximate surface area is 136 Å². The highest BCUT2D eigenvalue weighted by molar-refractivity contribution is 5.67. The number of anilines is 2. The Morgan fingerprint density at radius 2 is 2.17 bits per heavy atom. The fraction of sp³-hybridized carbons (Fsp3) is 0.600. The van der Waals surface area contributed by atoms with Gasteiger partial charge in [-0.1, -0.05) is 0 Å².